The topological polar surface area (TPSA) is 91.0 Å². The average molecular weight is 426 g/mol. The van der Waals surface area contributed by atoms with Gasteiger partial charge in [-0.25, -0.2) is 4.79 Å². The van der Waals surface area contributed by atoms with E-state index in [-0.39, 0.29) is 17.8 Å². The van der Waals surface area contributed by atoms with Crippen LogP contribution in [-0.4, -0.2) is 72.6 Å². The SMILES string of the molecule is O=C1Nc2ccc(-c3ccsc3)cc2C(=O)N2CC[C@H](NC(=O)N3CCOCC3)[C@@H]12. The Bertz CT molecular complexity index is 987. The summed E-state index contributed by atoms with van der Waals surface area (Å²) in [6.07, 6.45) is 0.541. The van der Waals surface area contributed by atoms with E-state index in [1.165, 1.54) is 0 Å². The highest BCUT2D eigenvalue weighted by atomic mass is 32.1. The van der Waals surface area contributed by atoms with Crippen molar-refractivity contribution in [1.82, 2.24) is 15.1 Å². The van der Waals surface area contributed by atoms with Gasteiger partial charge in [0.15, 0.2) is 0 Å². The van der Waals surface area contributed by atoms with E-state index in [1.807, 2.05) is 29.0 Å². The van der Waals surface area contributed by atoms with E-state index in [2.05, 4.69) is 10.6 Å². The molecule has 1 aromatic heterocycles. The summed E-state index contributed by atoms with van der Waals surface area (Å²) in [6, 6.07) is 6.16. The number of urea groups is 1. The van der Waals surface area contributed by atoms with Crippen molar-refractivity contribution in [3.63, 3.8) is 0 Å². The first kappa shape index (κ1) is 19.1. The number of hydrogen-bond acceptors (Lipinski definition) is 5. The normalized spacial score (nSPS) is 23.5. The average Bonchev–Trinajstić information content (AvgIpc) is 3.42. The third kappa shape index (κ3) is 3.33. The van der Waals surface area contributed by atoms with Gasteiger partial charge in [-0.2, -0.15) is 11.3 Å². The van der Waals surface area contributed by atoms with Crippen LogP contribution in [0.25, 0.3) is 11.1 Å². The second kappa shape index (κ2) is 7.73. The standard InChI is InChI=1S/C21H22N4O4S/c26-19-18-17(23-21(28)24-6-8-29-9-7-24)3-5-25(18)20(27)15-11-13(1-2-16(15)22-19)14-4-10-30-12-14/h1-2,4,10-12,17-18H,3,5-9H2,(H,22,26)(H,23,28)/t17-,18-/m0/s1. The molecule has 30 heavy (non-hydrogen) atoms. The first-order chi connectivity index (χ1) is 14.6. The van der Waals surface area contributed by atoms with Crippen molar-refractivity contribution >= 4 is 34.9 Å². The fourth-order valence-electron chi connectivity index (χ4n) is 4.31. The quantitative estimate of drug-likeness (QED) is 0.769. The van der Waals surface area contributed by atoms with Crippen LogP contribution in [0.15, 0.2) is 35.0 Å². The number of anilines is 1. The van der Waals surface area contributed by atoms with E-state index in [9.17, 15) is 14.4 Å². The van der Waals surface area contributed by atoms with Crippen LogP contribution < -0.4 is 10.6 Å². The number of fused-ring (bicyclic) bond motifs is 2. The molecule has 0 saturated carbocycles. The van der Waals surface area contributed by atoms with Gasteiger partial charge in [-0.05, 0) is 46.5 Å². The number of thiophene rings is 1. The number of nitrogens with one attached hydrogen (secondary N) is 2. The van der Waals surface area contributed by atoms with Crippen LogP contribution in [0, 0.1) is 0 Å². The Morgan fingerprint density at radius 1 is 1.13 bits per heavy atom. The highest BCUT2D eigenvalue weighted by molar-refractivity contribution is 7.08. The van der Waals surface area contributed by atoms with Crippen LogP contribution in [0.2, 0.25) is 0 Å². The van der Waals surface area contributed by atoms with Crippen LogP contribution in [-0.2, 0) is 9.53 Å². The Kier molecular flexibility index (Phi) is 4.92. The summed E-state index contributed by atoms with van der Waals surface area (Å²) in [5.41, 5.74) is 2.97. The molecule has 5 rings (SSSR count). The highest BCUT2D eigenvalue weighted by Crippen LogP contribution is 2.32. The Morgan fingerprint density at radius 3 is 2.73 bits per heavy atom. The summed E-state index contributed by atoms with van der Waals surface area (Å²) < 4.78 is 5.29. The summed E-state index contributed by atoms with van der Waals surface area (Å²) in [5.74, 6) is -0.455. The molecule has 0 bridgehead atoms. The zero-order valence-electron chi connectivity index (χ0n) is 16.3. The van der Waals surface area contributed by atoms with Crippen molar-refractivity contribution in [2.45, 2.75) is 18.5 Å². The van der Waals surface area contributed by atoms with E-state index < -0.39 is 12.1 Å². The van der Waals surface area contributed by atoms with Gasteiger partial charge in [-0.15, -0.1) is 0 Å². The predicted octanol–water partition coefficient (Wildman–Crippen LogP) is 1.99. The lowest BCUT2D eigenvalue weighted by molar-refractivity contribution is -0.120. The predicted molar refractivity (Wildman–Crippen MR) is 113 cm³/mol. The minimum Gasteiger partial charge on any atom is -0.378 e. The molecule has 0 radical (unpaired) electrons. The van der Waals surface area contributed by atoms with Crippen molar-refractivity contribution in [3.05, 3.63) is 40.6 Å². The van der Waals surface area contributed by atoms with Crippen LogP contribution in [0.4, 0.5) is 10.5 Å². The lowest BCUT2D eigenvalue weighted by Gasteiger charge is -2.30. The smallest absolute Gasteiger partial charge is 0.317 e. The maximum absolute atomic E-state index is 13.3. The second-order valence-electron chi connectivity index (χ2n) is 7.65. The van der Waals surface area contributed by atoms with Gasteiger partial charge in [0, 0.05) is 19.6 Å². The lowest BCUT2D eigenvalue weighted by Crippen LogP contribution is -2.55. The van der Waals surface area contributed by atoms with E-state index in [0.717, 1.165) is 11.1 Å². The number of nitrogens with zero attached hydrogens (tertiary/aromatic N) is 2. The minimum atomic E-state index is -0.723. The maximum atomic E-state index is 13.3. The molecular formula is C21H22N4O4S. The number of benzene rings is 1. The van der Waals surface area contributed by atoms with Crippen molar-refractivity contribution in [3.8, 4) is 11.1 Å². The van der Waals surface area contributed by atoms with Crippen molar-refractivity contribution in [2.24, 2.45) is 0 Å². The van der Waals surface area contributed by atoms with E-state index >= 15 is 0 Å². The van der Waals surface area contributed by atoms with Gasteiger partial charge in [0.05, 0.1) is 30.5 Å². The number of morpholine rings is 1. The van der Waals surface area contributed by atoms with Gasteiger partial charge >= 0.3 is 6.03 Å². The van der Waals surface area contributed by atoms with Gasteiger partial charge < -0.3 is 25.2 Å². The first-order valence-electron chi connectivity index (χ1n) is 10.0. The van der Waals surface area contributed by atoms with Gasteiger partial charge in [0.2, 0.25) is 5.91 Å². The largest absolute Gasteiger partial charge is 0.378 e. The van der Waals surface area contributed by atoms with E-state index in [1.54, 1.807) is 27.2 Å². The fourth-order valence-corrected chi connectivity index (χ4v) is 4.98. The van der Waals surface area contributed by atoms with E-state index in [0.29, 0.717) is 50.5 Å². The molecular weight excluding hydrogens is 404 g/mol. The lowest BCUT2D eigenvalue weighted by atomic mass is 10.0. The van der Waals surface area contributed by atoms with Crippen molar-refractivity contribution < 1.29 is 19.1 Å². The Labute approximate surface area is 177 Å². The van der Waals surface area contributed by atoms with E-state index in [4.69, 9.17) is 4.74 Å². The molecule has 1 aromatic carbocycles. The molecule has 0 aliphatic carbocycles. The van der Waals surface area contributed by atoms with Crippen molar-refractivity contribution in [1.29, 1.82) is 0 Å². The summed E-state index contributed by atoms with van der Waals surface area (Å²) in [7, 11) is 0. The zero-order valence-corrected chi connectivity index (χ0v) is 17.1. The zero-order chi connectivity index (χ0) is 20.7. The molecule has 2 atom stereocenters. The van der Waals surface area contributed by atoms with Crippen LogP contribution in [0.5, 0.6) is 0 Å². The molecule has 156 valence electrons. The Balaban J connectivity index is 1.39. The fraction of sp³-hybridized carbons (Fsp3) is 0.381. The summed E-state index contributed by atoms with van der Waals surface area (Å²) >= 11 is 1.59. The summed E-state index contributed by atoms with van der Waals surface area (Å²) in [5, 5.41) is 9.87. The third-order valence-electron chi connectivity index (χ3n) is 5.90. The van der Waals surface area contributed by atoms with Crippen molar-refractivity contribution in [2.75, 3.05) is 38.2 Å². The molecule has 8 nitrogen and oxygen atoms in total. The Hall–Kier alpha value is -2.91. The molecule has 2 saturated heterocycles. The summed E-state index contributed by atoms with van der Waals surface area (Å²) in [6.45, 7) is 2.49. The number of amides is 4. The number of carbonyl (C=O) groups excluding carboxylic acids is 3. The second-order valence-corrected chi connectivity index (χ2v) is 8.43. The van der Waals surface area contributed by atoms with Crippen LogP contribution >= 0.6 is 11.3 Å². The molecule has 3 aliphatic heterocycles. The van der Waals surface area contributed by atoms with Gasteiger partial charge in [0.1, 0.15) is 6.04 Å². The number of carbonyl (C=O) groups is 3. The molecule has 3 aliphatic rings. The van der Waals surface area contributed by atoms with Crippen LogP contribution in [0.3, 0.4) is 0 Å². The molecule has 0 unspecified atom stereocenters. The van der Waals surface area contributed by atoms with Gasteiger partial charge in [0.25, 0.3) is 5.91 Å². The first-order valence-corrected chi connectivity index (χ1v) is 11.0. The van der Waals surface area contributed by atoms with Crippen LogP contribution in [0.1, 0.15) is 16.8 Å². The maximum Gasteiger partial charge on any atom is 0.317 e. The molecule has 2 aromatic rings. The molecule has 2 N–H and O–H groups in total. The summed E-state index contributed by atoms with van der Waals surface area (Å²) in [4.78, 5) is 42.2. The minimum absolute atomic E-state index is 0.187. The molecule has 2 fully saturated rings. The molecule has 0 spiro atoms. The highest BCUT2D eigenvalue weighted by Gasteiger charge is 2.45. The third-order valence-corrected chi connectivity index (χ3v) is 6.58. The molecule has 4 amide bonds. The number of rotatable bonds is 2. The van der Waals surface area contributed by atoms with Gasteiger partial charge in [-0.3, -0.25) is 9.59 Å². The molecule has 4 heterocycles. The number of ether oxygens (including phenoxy) is 1. The monoisotopic (exact) mass is 426 g/mol. The Morgan fingerprint density at radius 2 is 1.97 bits per heavy atom. The molecule has 9 heteroatoms. The number of hydrogen-bond donors (Lipinski definition) is 2. The van der Waals surface area contributed by atoms with Gasteiger partial charge in [-0.1, -0.05) is 6.07 Å².